The van der Waals surface area contributed by atoms with E-state index in [2.05, 4.69) is 4.98 Å². The monoisotopic (exact) mass is 291 g/mol. The third kappa shape index (κ3) is 2.29. The van der Waals surface area contributed by atoms with Crippen molar-refractivity contribution in [1.29, 1.82) is 0 Å². The van der Waals surface area contributed by atoms with Crippen LogP contribution in [-0.2, 0) is 0 Å². The summed E-state index contributed by atoms with van der Waals surface area (Å²) in [5.74, 6) is -0.469. The molecule has 0 atom stereocenters. The molecule has 22 heavy (non-hydrogen) atoms. The van der Waals surface area contributed by atoms with Crippen molar-refractivity contribution in [2.75, 3.05) is 19.0 Å². The van der Waals surface area contributed by atoms with E-state index >= 15 is 0 Å². The fraction of sp³-hybridized carbons (Fsp3) is 0.111. The quantitative estimate of drug-likeness (QED) is 0.806. The van der Waals surface area contributed by atoms with Gasteiger partial charge in [-0.3, -0.25) is 9.78 Å². The second-order valence-corrected chi connectivity index (χ2v) is 5.35. The van der Waals surface area contributed by atoms with Gasteiger partial charge in [-0.15, -0.1) is 0 Å². The molecule has 4 nitrogen and oxygen atoms in total. The normalized spacial score (nSPS) is 10.6. The third-order valence-electron chi connectivity index (χ3n) is 3.67. The number of hydrogen-bond acceptors (Lipinski definition) is 3. The molecule has 1 heterocycles. The van der Waals surface area contributed by atoms with Gasteiger partial charge in [-0.25, -0.2) is 0 Å². The number of aromatic nitrogens is 1. The lowest BCUT2D eigenvalue weighted by Gasteiger charge is -2.19. The van der Waals surface area contributed by atoms with Gasteiger partial charge in [0.05, 0.1) is 16.8 Å². The molecule has 3 rings (SSSR count). The number of carbonyl (C=O) groups excluding carboxylic acids is 1. The number of carbonyl (C=O) groups is 1. The van der Waals surface area contributed by atoms with Crippen molar-refractivity contribution < 1.29 is 4.79 Å². The maximum atomic E-state index is 11.7. The Balaban J connectivity index is 2.36. The number of fused-ring (bicyclic) bond motifs is 1. The molecule has 0 saturated heterocycles. The number of benzene rings is 2. The average Bonchev–Trinajstić information content (AvgIpc) is 2.53. The highest BCUT2D eigenvalue weighted by atomic mass is 16.1. The van der Waals surface area contributed by atoms with E-state index in [-0.39, 0.29) is 0 Å². The molecule has 0 radical (unpaired) electrons. The minimum Gasteiger partial charge on any atom is -0.376 e. The van der Waals surface area contributed by atoms with Crippen molar-refractivity contribution in [2.24, 2.45) is 5.73 Å². The van der Waals surface area contributed by atoms with Crippen LogP contribution in [0.25, 0.3) is 22.0 Å². The Hall–Kier alpha value is -2.88. The number of nitrogens with two attached hydrogens (primary N) is 1. The van der Waals surface area contributed by atoms with Gasteiger partial charge in [0, 0.05) is 31.2 Å². The molecule has 0 bridgehead atoms. The molecule has 2 N–H and O–H groups in total. The van der Waals surface area contributed by atoms with Crippen LogP contribution in [0.4, 0.5) is 5.69 Å². The molecule has 110 valence electrons. The highest BCUT2D eigenvalue weighted by molar-refractivity contribution is 6.09. The first kappa shape index (κ1) is 14.1. The number of nitrogens with zero attached hydrogens (tertiary/aromatic N) is 2. The fourth-order valence-corrected chi connectivity index (χ4v) is 2.72. The lowest BCUT2D eigenvalue weighted by atomic mass is 9.99. The lowest BCUT2D eigenvalue weighted by molar-refractivity contribution is 0.100. The van der Waals surface area contributed by atoms with Gasteiger partial charge in [0.1, 0.15) is 0 Å². The number of primary amides is 1. The number of amides is 1. The zero-order chi connectivity index (χ0) is 15.7. The first-order valence-electron chi connectivity index (χ1n) is 7.04. The lowest BCUT2D eigenvalue weighted by Crippen LogP contribution is -2.19. The smallest absolute Gasteiger partial charge is 0.252 e. The zero-order valence-electron chi connectivity index (χ0n) is 12.6. The van der Waals surface area contributed by atoms with Crippen LogP contribution in [0.15, 0.2) is 54.7 Å². The Bertz CT molecular complexity index is 842. The molecule has 0 fully saturated rings. The number of para-hydroxylation sites is 1. The summed E-state index contributed by atoms with van der Waals surface area (Å²) in [6.45, 7) is 0. The summed E-state index contributed by atoms with van der Waals surface area (Å²) < 4.78 is 0. The maximum Gasteiger partial charge on any atom is 0.252 e. The third-order valence-corrected chi connectivity index (χ3v) is 3.67. The van der Waals surface area contributed by atoms with Crippen LogP contribution < -0.4 is 10.6 Å². The summed E-state index contributed by atoms with van der Waals surface area (Å²) in [4.78, 5) is 18.1. The molecule has 0 aliphatic carbocycles. The average molecular weight is 291 g/mol. The van der Waals surface area contributed by atoms with Gasteiger partial charge in [-0.05, 0) is 5.56 Å². The zero-order valence-corrected chi connectivity index (χ0v) is 12.6. The van der Waals surface area contributed by atoms with Gasteiger partial charge >= 0.3 is 0 Å². The minimum absolute atomic E-state index is 0.433. The predicted molar refractivity (Wildman–Crippen MR) is 90.0 cm³/mol. The van der Waals surface area contributed by atoms with Crippen LogP contribution in [0.5, 0.6) is 0 Å². The molecular formula is C18H17N3O. The van der Waals surface area contributed by atoms with Crippen molar-refractivity contribution in [3.8, 4) is 11.1 Å². The van der Waals surface area contributed by atoms with E-state index in [1.165, 1.54) is 0 Å². The number of rotatable bonds is 3. The van der Waals surface area contributed by atoms with Crippen molar-refractivity contribution >= 4 is 22.5 Å². The van der Waals surface area contributed by atoms with Crippen molar-refractivity contribution in [3.05, 3.63) is 60.3 Å². The largest absolute Gasteiger partial charge is 0.376 e. The van der Waals surface area contributed by atoms with E-state index in [0.717, 1.165) is 27.7 Å². The van der Waals surface area contributed by atoms with Crippen LogP contribution in [0, 0.1) is 0 Å². The van der Waals surface area contributed by atoms with Crippen LogP contribution in [0.2, 0.25) is 0 Å². The first-order chi connectivity index (χ1) is 10.6. The Morgan fingerprint density at radius 2 is 1.77 bits per heavy atom. The van der Waals surface area contributed by atoms with Gasteiger partial charge in [-0.1, -0.05) is 48.5 Å². The molecular weight excluding hydrogens is 274 g/mol. The summed E-state index contributed by atoms with van der Waals surface area (Å²) in [7, 11) is 3.80. The van der Waals surface area contributed by atoms with Gasteiger partial charge in [0.15, 0.2) is 0 Å². The summed E-state index contributed by atoms with van der Waals surface area (Å²) in [6, 6.07) is 16.1. The summed E-state index contributed by atoms with van der Waals surface area (Å²) >= 11 is 0. The standard InChI is InChI=1S/C18H17N3O/c1-21(2)17-14-10-6-9-13(12-7-4-3-5-8-12)16(14)20-11-15(17)18(19)22/h3-11H,1-2H3,(H2,19,22). The highest BCUT2D eigenvalue weighted by Gasteiger charge is 2.16. The number of anilines is 1. The summed E-state index contributed by atoms with van der Waals surface area (Å²) in [6.07, 6.45) is 1.56. The number of hydrogen-bond donors (Lipinski definition) is 1. The Morgan fingerprint density at radius 1 is 1.05 bits per heavy atom. The van der Waals surface area contributed by atoms with E-state index in [1.54, 1.807) is 6.20 Å². The highest BCUT2D eigenvalue weighted by Crippen LogP contribution is 2.33. The second kappa shape index (κ2) is 5.48. The minimum atomic E-state index is -0.469. The number of pyridine rings is 1. The molecule has 4 heteroatoms. The SMILES string of the molecule is CN(C)c1c(C(N)=O)cnc2c(-c3ccccc3)cccc12. The van der Waals surface area contributed by atoms with Crippen LogP contribution in [0.1, 0.15) is 10.4 Å². The predicted octanol–water partition coefficient (Wildman–Crippen LogP) is 3.07. The summed E-state index contributed by atoms with van der Waals surface area (Å²) in [5.41, 5.74) is 9.72. The first-order valence-corrected chi connectivity index (χ1v) is 7.04. The van der Waals surface area contributed by atoms with Gasteiger partial charge in [-0.2, -0.15) is 0 Å². The van der Waals surface area contributed by atoms with Crippen molar-refractivity contribution in [3.63, 3.8) is 0 Å². The molecule has 0 spiro atoms. The van der Waals surface area contributed by atoms with Crippen LogP contribution >= 0.6 is 0 Å². The van der Waals surface area contributed by atoms with Crippen molar-refractivity contribution in [2.45, 2.75) is 0 Å². The Morgan fingerprint density at radius 3 is 2.41 bits per heavy atom. The topological polar surface area (TPSA) is 59.2 Å². The Kier molecular flexibility index (Phi) is 3.51. The molecule has 1 amide bonds. The molecule has 2 aromatic carbocycles. The van der Waals surface area contributed by atoms with Crippen molar-refractivity contribution in [1.82, 2.24) is 4.98 Å². The molecule has 3 aromatic rings. The van der Waals surface area contributed by atoms with E-state index < -0.39 is 5.91 Å². The van der Waals surface area contributed by atoms with E-state index in [4.69, 9.17) is 5.73 Å². The van der Waals surface area contributed by atoms with E-state index in [1.807, 2.05) is 67.5 Å². The van der Waals surface area contributed by atoms with Crippen LogP contribution in [-0.4, -0.2) is 25.0 Å². The maximum absolute atomic E-state index is 11.7. The van der Waals surface area contributed by atoms with E-state index in [9.17, 15) is 4.79 Å². The molecule has 0 unspecified atom stereocenters. The van der Waals surface area contributed by atoms with E-state index in [0.29, 0.717) is 5.56 Å². The van der Waals surface area contributed by atoms with Gasteiger partial charge in [0.2, 0.25) is 0 Å². The molecule has 1 aromatic heterocycles. The van der Waals surface area contributed by atoms with Gasteiger partial charge in [0.25, 0.3) is 5.91 Å². The van der Waals surface area contributed by atoms with Crippen LogP contribution in [0.3, 0.4) is 0 Å². The van der Waals surface area contributed by atoms with Gasteiger partial charge < -0.3 is 10.6 Å². The second-order valence-electron chi connectivity index (χ2n) is 5.35. The fourth-order valence-electron chi connectivity index (χ4n) is 2.72. The summed E-state index contributed by atoms with van der Waals surface area (Å²) in [5, 5.41) is 0.919. The molecule has 0 saturated carbocycles. The Labute approximate surface area is 129 Å². The molecule has 0 aliphatic rings. The molecule has 0 aliphatic heterocycles.